The summed E-state index contributed by atoms with van der Waals surface area (Å²) in [7, 11) is 0. The van der Waals surface area contributed by atoms with Crippen LogP contribution in [0, 0.1) is 0 Å². The highest BCUT2D eigenvalue weighted by atomic mass is 79.9. The zero-order valence-electron chi connectivity index (χ0n) is 8.68. The topological polar surface area (TPSA) is 0 Å². The minimum atomic E-state index is -1.02. The molecule has 0 saturated heterocycles. The molecule has 16 heavy (non-hydrogen) atoms. The monoisotopic (exact) mass is 278 g/mol. The largest absolute Gasteiger partial charge is 0.241 e. The second kappa shape index (κ2) is 5.26. The highest BCUT2D eigenvalue weighted by Crippen LogP contribution is 2.38. The maximum Gasteiger partial charge on any atom is 0.142 e. The van der Waals surface area contributed by atoms with Gasteiger partial charge in [0.05, 0.1) is 4.83 Å². The number of benzene rings is 2. The number of alkyl halides is 2. The van der Waals surface area contributed by atoms with Crippen LogP contribution >= 0.6 is 15.9 Å². The van der Waals surface area contributed by atoms with Crippen LogP contribution in [0.1, 0.15) is 22.1 Å². The van der Waals surface area contributed by atoms with Crippen LogP contribution in [0.25, 0.3) is 0 Å². The molecule has 82 valence electrons. The van der Waals surface area contributed by atoms with Gasteiger partial charge in [0.25, 0.3) is 0 Å². The number of rotatable bonds is 3. The van der Waals surface area contributed by atoms with Crippen molar-refractivity contribution >= 4 is 15.9 Å². The van der Waals surface area contributed by atoms with Gasteiger partial charge in [-0.05, 0) is 11.1 Å². The Morgan fingerprint density at radius 3 is 1.69 bits per heavy atom. The molecule has 2 heteroatoms. The molecule has 0 bridgehead atoms. The Labute approximate surface area is 103 Å². The van der Waals surface area contributed by atoms with Gasteiger partial charge in [0.1, 0.15) is 6.17 Å². The molecule has 0 nitrogen and oxygen atoms in total. The van der Waals surface area contributed by atoms with Crippen LogP contribution in [0.5, 0.6) is 0 Å². The third kappa shape index (κ3) is 2.50. The summed E-state index contributed by atoms with van der Waals surface area (Å²) in [5, 5.41) is 0. The summed E-state index contributed by atoms with van der Waals surface area (Å²) in [4.78, 5) is -0.295. The Kier molecular flexibility index (Phi) is 3.73. The molecule has 0 amide bonds. The summed E-state index contributed by atoms with van der Waals surface area (Å²) in [6, 6.07) is 18.8. The lowest BCUT2D eigenvalue weighted by atomic mass is 10.0. The fraction of sp³-hybridized carbons (Fsp3) is 0.143. The summed E-state index contributed by atoms with van der Waals surface area (Å²) >= 11 is 3.41. The maximum absolute atomic E-state index is 14.2. The van der Waals surface area contributed by atoms with Gasteiger partial charge in [0, 0.05) is 0 Å². The minimum Gasteiger partial charge on any atom is -0.241 e. The molecule has 2 rings (SSSR count). The van der Waals surface area contributed by atoms with Crippen molar-refractivity contribution < 1.29 is 4.39 Å². The number of hydrogen-bond acceptors (Lipinski definition) is 0. The second-order valence-corrected chi connectivity index (χ2v) is 4.61. The van der Waals surface area contributed by atoms with E-state index in [0.717, 1.165) is 5.56 Å². The third-order valence-corrected chi connectivity index (χ3v) is 3.49. The standard InChI is InChI=1S/C14H12BrF/c15-13(11-7-3-1-4-8-11)14(16)12-9-5-2-6-10-12/h1-10,13-14H/t13-,14-/m1/s1. The van der Waals surface area contributed by atoms with E-state index in [1.807, 2.05) is 60.7 Å². The molecule has 0 heterocycles. The summed E-state index contributed by atoms with van der Waals surface area (Å²) in [5.41, 5.74) is 1.66. The van der Waals surface area contributed by atoms with E-state index in [1.165, 1.54) is 0 Å². The van der Waals surface area contributed by atoms with Crippen molar-refractivity contribution in [2.24, 2.45) is 0 Å². The van der Waals surface area contributed by atoms with Crippen LogP contribution in [0.4, 0.5) is 4.39 Å². The van der Waals surface area contributed by atoms with Crippen molar-refractivity contribution in [3.63, 3.8) is 0 Å². The smallest absolute Gasteiger partial charge is 0.142 e. The van der Waals surface area contributed by atoms with Crippen LogP contribution in [-0.4, -0.2) is 0 Å². The molecule has 0 unspecified atom stereocenters. The average molecular weight is 279 g/mol. The van der Waals surface area contributed by atoms with E-state index in [9.17, 15) is 4.39 Å². The molecule has 0 N–H and O–H groups in total. The van der Waals surface area contributed by atoms with Gasteiger partial charge < -0.3 is 0 Å². The normalized spacial score (nSPS) is 14.4. The molecule has 0 aliphatic rings. The molecule has 0 spiro atoms. The van der Waals surface area contributed by atoms with Gasteiger partial charge in [-0.25, -0.2) is 4.39 Å². The molecular formula is C14H12BrF. The summed E-state index contributed by atoms with van der Waals surface area (Å²) < 4.78 is 14.2. The van der Waals surface area contributed by atoms with Gasteiger partial charge in [-0.3, -0.25) is 0 Å². The first-order chi connectivity index (χ1) is 7.79. The molecule has 0 fully saturated rings. The van der Waals surface area contributed by atoms with Crippen molar-refractivity contribution in [2.45, 2.75) is 11.0 Å². The lowest BCUT2D eigenvalue weighted by molar-refractivity contribution is 0.340. The predicted molar refractivity (Wildman–Crippen MR) is 68.4 cm³/mol. The first-order valence-corrected chi connectivity index (χ1v) is 6.08. The lowest BCUT2D eigenvalue weighted by Crippen LogP contribution is -2.00. The zero-order valence-corrected chi connectivity index (χ0v) is 10.3. The molecule has 0 radical (unpaired) electrons. The van der Waals surface area contributed by atoms with Crippen molar-refractivity contribution in [1.29, 1.82) is 0 Å². The molecular weight excluding hydrogens is 267 g/mol. The Morgan fingerprint density at radius 2 is 1.19 bits per heavy atom. The van der Waals surface area contributed by atoms with Gasteiger partial charge in [-0.15, -0.1) is 0 Å². The van der Waals surface area contributed by atoms with Crippen molar-refractivity contribution in [2.75, 3.05) is 0 Å². The summed E-state index contributed by atoms with van der Waals surface area (Å²) in [6.45, 7) is 0. The zero-order chi connectivity index (χ0) is 11.4. The SMILES string of the molecule is F[C@H](c1ccccc1)[C@H](Br)c1ccccc1. The minimum absolute atomic E-state index is 0.295. The van der Waals surface area contributed by atoms with Gasteiger partial charge >= 0.3 is 0 Å². The van der Waals surface area contributed by atoms with Crippen LogP contribution in [0.2, 0.25) is 0 Å². The number of halogens is 2. The van der Waals surface area contributed by atoms with Gasteiger partial charge in [0.15, 0.2) is 0 Å². The van der Waals surface area contributed by atoms with Crippen LogP contribution in [0.3, 0.4) is 0 Å². The Morgan fingerprint density at radius 1 is 0.750 bits per heavy atom. The Balaban J connectivity index is 2.20. The third-order valence-electron chi connectivity index (χ3n) is 2.49. The van der Waals surface area contributed by atoms with Crippen LogP contribution in [-0.2, 0) is 0 Å². The van der Waals surface area contributed by atoms with Crippen LogP contribution in [0.15, 0.2) is 60.7 Å². The Hall–Kier alpha value is -1.15. The fourth-order valence-electron chi connectivity index (χ4n) is 1.61. The quantitative estimate of drug-likeness (QED) is 0.706. The maximum atomic E-state index is 14.2. The molecule has 0 aliphatic carbocycles. The summed E-state index contributed by atoms with van der Waals surface area (Å²) in [6.07, 6.45) is -1.02. The first-order valence-electron chi connectivity index (χ1n) is 5.17. The Bertz CT molecular complexity index is 384. The van der Waals surface area contributed by atoms with E-state index < -0.39 is 6.17 Å². The van der Waals surface area contributed by atoms with Crippen LogP contribution < -0.4 is 0 Å². The summed E-state index contributed by atoms with van der Waals surface area (Å²) in [5.74, 6) is 0. The van der Waals surface area contributed by atoms with E-state index in [-0.39, 0.29) is 4.83 Å². The van der Waals surface area contributed by atoms with E-state index in [0.29, 0.717) is 5.56 Å². The van der Waals surface area contributed by atoms with Crippen molar-refractivity contribution in [3.05, 3.63) is 71.8 Å². The van der Waals surface area contributed by atoms with Crippen molar-refractivity contribution in [3.8, 4) is 0 Å². The average Bonchev–Trinajstić information content (AvgIpc) is 2.39. The van der Waals surface area contributed by atoms with Crippen molar-refractivity contribution in [1.82, 2.24) is 0 Å². The van der Waals surface area contributed by atoms with E-state index >= 15 is 0 Å². The predicted octanol–water partition coefficient (Wildman–Crippen LogP) is 4.83. The van der Waals surface area contributed by atoms with Gasteiger partial charge in [0.2, 0.25) is 0 Å². The van der Waals surface area contributed by atoms with E-state index in [1.54, 1.807) is 0 Å². The van der Waals surface area contributed by atoms with E-state index in [2.05, 4.69) is 15.9 Å². The second-order valence-electron chi connectivity index (χ2n) is 3.62. The fourth-order valence-corrected chi connectivity index (χ4v) is 2.22. The number of hydrogen-bond donors (Lipinski definition) is 0. The highest BCUT2D eigenvalue weighted by molar-refractivity contribution is 9.09. The molecule has 0 saturated carbocycles. The van der Waals surface area contributed by atoms with E-state index in [4.69, 9.17) is 0 Å². The first kappa shape index (κ1) is 11.3. The van der Waals surface area contributed by atoms with Gasteiger partial charge in [-0.1, -0.05) is 76.6 Å². The highest BCUT2D eigenvalue weighted by Gasteiger charge is 2.21. The molecule has 2 aromatic rings. The molecule has 2 atom stereocenters. The lowest BCUT2D eigenvalue weighted by Gasteiger charge is -2.15. The molecule has 2 aromatic carbocycles. The van der Waals surface area contributed by atoms with Gasteiger partial charge in [-0.2, -0.15) is 0 Å². The molecule has 0 aliphatic heterocycles. The molecule has 0 aromatic heterocycles.